The fourth-order valence-electron chi connectivity index (χ4n) is 1.44. The van der Waals surface area contributed by atoms with Crippen LogP contribution >= 0.6 is 15.9 Å². The molecule has 1 unspecified atom stereocenters. The Labute approximate surface area is 103 Å². The maximum Gasteiger partial charge on any atom is 0.338 e. The molecule has 3 nitrogen and oxygen atoms in total. The second-order valence-corrected chi connectivity index (χ2v) is 4.39. The molecule has 16 heavy (non-hydrogen) atoms. The van der Waals surface area contributed by atoms with Gasteiger partial charge in [-0.1, -0.05) is 12.1 Å². The largest absolute Gasteiger partial charge is 0.478 e. The number of carboxylic acids is 1. The first-order valence-corrected chi connectivity index (χ1v) is 5.74. The third kappa shape index (κ3) is 3.10. The van der Waals surface area contributed by atoms with Gasteiger partial charge in [0.1, 0.15) is 0 Å². The highest BCUT2D eigenvalue weighted by Crippen LogP contribution is 2.25. The zero-order valence-electron chi connectivity index (χ0n) is 9.03. The van der Waals surface area contributed by atoms with Gasteiger partial charge in [0.2, 0.25) is 0 Å². The minimum atomic E-state index is -0.944. The van der Waals surface area contributed by atoms with Crippen LogP contribution in [0.4, 0.5) is 5.69 Å². The van der Waals surface area contributed by atoms with Crippen LogP contribution in [0.1, 0.15) is 23.7 Å². The molecule has 0 radical (unpaired) electrons. The zero-order chi connectivity index (χ0) is 12.1. The third-order valence-electron chi connectivity index (χ3n) is 2.15. The Balaban J connectivity index is 2.99. The monoisotopic (exact) mass is 283 g/mol. The molecule has 1 atom stereocenters. The summed E-state index contributed by atoms with van der Waals surface area (Å²) in [5, 5.41) is 12.3. The van der Waals surface area contributed by atoms with Gasteiger partial charge in [0.15, 0.2) is 0 Å². The van der Waals surface area contributed by atoms with Crippen molar-refractivity contribution in [2.45, 2.75) is 19.4 Å². The minimum absolute atomic E-state index is 0.157. The fraction of sp³-hybridized carbons (Fsp3) is 0.250. The van der Waals surface area contributed by atoms with E-state index >= 15 is 0 Å². The first-order chi connectivity index (χ1) is 7.56. The van der Waals surface area contributed by atoms with Crippen LogP contribution in [-0.2, 0) is 0 Å². The Morgan fingerprint density at radius 1 is 1.69 bits per heavy atom. The molecule has 1 aromatic carbocycles. The number of hydrogen-bond donors (Lipinski definition) is 2. The van der Waals surface area contributed by atoms with Crippen LogP contribution in [0.2, 0.25) is 0 Å². The Hall–Kier alpha value is -1.29. The predicted octanol–water partition coefficient (Wildman–Crippen LogP) is 3.52. The van der Waals surface area contributed by atoms with Crippen molar-refractivity contribution in [3.8, 4) is 0 Å². The Morgan fingerprint density at radius 2 is 2.38 bits per heavy atom. The van der Waals surface area contributed by atoms with Crippen molar-refractivity contribution >= 4 is 27.6 Å². The van der Waals surface area contributed by atoms with Gasteiger partial charge >= 0.3 is 5.97 Å². The number of anilines is 1. The lowest BCUT2D eigenvalue weighted by Crippen LogP contribution is -2.16. The summed E-state index contributed by atoms with van der Waals surface area (Å²) in [6, 6.07) is 5.44. The molecule has 0 spiro atoms. The van der Waals surface area contributed by atoms with E-state index in [2.05, 4.69) is 27.8 Å². The van der Waals surface area contributed by atoms with Crippen LogP contribution in [-0.4, -0.2) is 17.1 Å². The lowest BCUT2D eigenvalue weighted by Gasteiger charge is -2.16. The number of carboxylic acid groups (broad SMARTS) is 1. The molecule has 0 heterocycles. The van der Waals surface area contributed by atoms with Gasteiger partial charge in [0.05, 0.1) is 11.3 Å². The van der Waals surface area contributed by atoms with E-state index in [0.29, 0.717) is 10.2 Å². The highest BCUT2D eigenvalue weighted by molar-refractivity contribution is 9.10. The van der Waals surface area contributed by atoms with E-state index in [0.717, 1.165) is 6.42 Å². The molecule has 0 aromatic heterocycles. The summed E-state index contributed by atoms with van der Waals surface area (Å²) in [5.41, 5.74) is 0.884. The maximum atomic E-state index is 11.1. The van der Waals surface area contributed by atoms with Crippen LogP contribution in [0.5, 0.6) is 0 Å². The highest BCUT2D eigenvalue weighted by Gasteiger charge is 2.14. The number of rotatable bonds is 5. The Kier molecular flexibility index (Phi) is 4.55. The summed E-state index contributed by atoms with van der Waals surface area (Å²) in [7, 11) is 0. The van der Waals surface area contributed by atoms with Gasteiger partial charge in [-0.05, 0) is 41.4 Å². The lowest BCUT2D eigenvalue weighted by molar-refractivity contribution is 0.0697. The smallest absolute Gasteiger partial charge is 0.338 e. The fourth-order valence-corrected chi connectivity index (χ4v) is 1.97. The van der Waals surface area contributed by atoms with E-state index in [-0.39, 0.29) is 11.6 Å². The van der Waals surface area contributed by atoms with E-state index in [1.165, 1.54) is 0 Å². The summed E-state index contributed by atoms with van der Waals surface area (Å²) in [4.78, 5) is 11.1. The predicted molar refractivity (Wildman–Crippen MR) is 69.0 cm³/mol. The van der Waals surface area contributed by atoms with Crippen molar-refractivity contribution < 1.29 is 9.90 Å². The first kappa shape index (κ1) is 12.8. The summed E-state index contributed by atoms with van der Waals surface area (Å²) in [6.07, 6.45) is 2.58. The number of hydrogen-bond acceptors (Lipinski definition) is 2. The summed E-state index contributed by atoms with van der Waals surface area (Å²) >= 11 is 3.24. The molecule has 0 saturated heterocycles. The molecule has 4 heteroatoms. The number of benzene rings is 1. The van der Waals surface area contributed by atoms with E-state index in [1.807, 2.05) is 6.92 Å². The van der Waals surface area contributed by atoms with Crippen LogP contribution < -0.4 is 5.32 Å². The van der Waals surface area contributed by atoms with Crippen LogP contribution in [0.15, 0.2) is 35.3 Å². The van der Waals surface area contributed by atoms with E-state index < -0.39 is 5.97 Å². The molecular formula is C12H14BrNO2. The number of nitrogens with one attached hydrogen (secondary N) is 1. The van der Waals surface area contributed by atoms with E-state index in [4.69, 9.17) is 5.11 Å². The second-order valence-electron chi connectivity index (χ2n) is 3.54. The van der Waals surface area contributed by atoms with Gasteiger partial charge in [0, 0.05) is 10.5 Å². The molecule has 1 aromatic rings. The molecule has 0 fully saturated rings. The van der Waals surface area contributed by atoms with Gasteiger partial charge in [-0.25, -0.2) is 4.79 Å². The molecular weight excluding hydrogens is 270 g/mol. The normalized spacial score (nSPS) is 11.9. The quantitative estimate of drug-likeness (QED) is 0.813. The van der Waals surface area contributed by atoms with Crippen LogP contribution in [0.25, 0.3) is 0 Å². The van der Waals surface area contributed by atoms with Gasteiger partial charge in [-0.2, -0.15) is 0 Å². The number of aromatic carboxylic acids is 1. The molecule has 2 N–H and O–H groups in total. The molecule has 0 aliphatic carbocycles. The standard InChI is InChI=1S/C12H14BrNO2/c1-3-5-8(2)14-10-7-4-6-9(13)11(10)12(15)16/h3-4,6-8,14H,1,5H2,2H3,(H,15,16). The lowest BCUT2D eigenvalue weighted by atomic mass is 10.1. The van der Waals surface area contributed by atoms with Gasteiger partial charge in [-0.15, -0.1) is 6.58 Å². The summed E-state index contributed by atoms with van der Waals surface area (Å²) < 4.78 is 0.579. The van der Waals surface area contributed by atoms with Crippen molar-refractivity contribution in [3.05, 3.63) is 40.9 Å². The number of carbonyl (C=O) groups is 1. The van der Waals surface area contributed by atoms with Gasteiger partial charge < -0.3 is 10.4 Å². The van der Waals surface area contributed by atoms with Crippen molar-refractivity contribution in [2.24, 2.45) is 0 Å². The maximum absolute atomic E-state index is 11.1. The molecule has 0 amide bonds. The van der Waals surface area contributed by atoms with Crippen molar-refractivity contribution in [3.63, 3.8) is 0 Å². The average Bonchev–Trinajstić information content (AvgIpc) is 2.17. The minimum Gasteiger partial charge on any atom is -0.478 e. The van der Waals surface area contributed by atoms with Crippen molar-refractivity contribution in [1.82, 2.24) is 0 Å². The number of halogens is 1. The van der Waals surface area contributed by atoms with Crippen molar-refractivity contribution in [2.75, 3.05) is 5.32 Å². The first-order valence-electron chi connectivity index (χ1n) is 4.95. The Bertz CT molecular complexity index is 404. The topological polar surface area (TPSA) is 49.3 Å². The SMILES string of the molecule is C=CCC(C)Nc1cccc(Br)c1C(=O)O. The average molecular weight is 284 g/mol. The molecule has 0 aliphatic heterocycles. The third-order valence-corrected chi connectivity index (χ3v) is 2.81. The van der Waals surface area contributed by atoms with E-state index in [1.54, 1.807) is 24.3 Å². The summed E-state index contributed by atoms with van der Waals surface area (Å²) in [6.45, 7) is 5.63. The zero-order valence-corrected chi connectivity index (χ0v) is 10.6. The second kappa shape index (κ2) is 5.70. The highest BCUT2D eigenvalue weighted by atomic mass is 79.9. The molecule has 0 saturated carbocycles. The van der Waals surface area contributed by atoms with Gasteiger partial charge in [0.25, 0.3) is 0 Å². The van der Waals surface area contributed by atoms with Crippen molar-refractivity contribution in [1.29, 1.82) is 0 Å². The molecule has 1 rings (SSSR count). The van der Waals surface area contributed by atoms with Gasteiger partial charge in [-0.3, -0.25) is 0 Å². The Morgan fingerprint density at radius 3 is 2.94 bits per heavy atom. The van der Waals surface area contributed by atoms with E-state index in [9.17, 15) is 4.79 Å². The molecule has 0 aliphatic rings. The van der Waals surface area contributed by atoms with Crippen LogP contribution in [0.3, 0.4) is 0 Å². The molecule has 86 valence electrons. The van der Waals surface area contributed by atoms with Crippen LogP contribution in [0, 0.1) is 0 Å². The summed E-state index contributed by atoms with van der Waals surface area (Å²) in [5.74, 6) is -0.944. The molecule has 0 bridgehead atoms.